The average molecular weight is 388 g/mol. The van der Waals surface area contributed by atoms with Crippen LogP contribution in [0.15, 0.2) is 66.9 Å². The van der Waals surface area contributed by atoms with Crippen molar-refractivity contribution in [3.8, 4) is 5.75 Å². The van der Waals surface area contributed by atoms with E-state index in [4.69, 9.17) is 4.74 Å². The van der Waals surface area contributed by atoms with Crippen LogP contribution < -0.4 is 10.1 Å². The molecule has 2 aromatic heterocycles. The predicted octanol–water partition coefficient (Wildman–Crippen LogP) is 3.49. The topological polar surface area (TPSA) is 117 Å². The second-order valence-corrected chi connectivity index (χ2v) is 6.20. The molecule has 4 aromatic rings. The first-order valence-corrected chi connectivity index (χ1v) is 8.76. The van der Waals surface area contributed by atoms with Crippen LogP contribution in [0.5, 0.6) is 5.75 Å². The van der Waals surface area contributed by atoms with Crippen molar-refractivity contribution in [1.29, 1.82) is 0 Å². The van der Waals surface area contributed by atoms with Crippen molar-refractivity contribution in [3.63, 3.8) is 0 Å². The van der Waals surface area contributed by atoms with Gasteiger partial charge in [0.05, 0.1) is 17.3 Å². The molecule has 2 heterocycles. The van der Waals surface area contributed by atoms with Gasteiger partial charge >= 0.3 is 5.97 Å². The summed E-state index contributed by atoms with van der Waals surface area (Å²) in [6.07, 6.45) is 1.47. The molecule has 0 aliphatic rings. The van der Waals surface area contributed by atoms with E-state index in [1.807, 2.05) is 30.3 Å². The van der Waals surface area contributed by atoms with Gasteiger partial charge in [-0.15, -0.1) is 0 Å². The second-order valence-electron chi connectivity index (χ2n) is 6.20. The molecule has 0 atom stereocenters. The fourth-order valence-electron chi connectivity index (χ4n) is 2.78. The van der Waals surface area contributed by atoms with E-state index in [1.54, 1.807) is 24.3 Å². The van der Waals surface area contributed by atoms with Gasteiger partial charge in [0, 0.05) is 0 Å². The van der Waals surface area contributed by atoms with Crippen molar-refractivity contribution < 1.29 is 19.4 Å². The number of H-pyrrole nitrogens is 1. The molecule has 0 saturated heterocycles. The molecule has 0 spiro atoms. The van der Waals surface area contributed by atoms with Crippen LogP contribution in [0.4, 0.5) is 5.95 Å². The molecule has 0 radical (unpaired) electrons. The fourth-order valence-corrected chi connectivity index (χ4v) is 2.78. The number of fused-ring (bicyclic) bond motifs is 1. The number of pyridine rings is 1. The van der Waals surface area contributed by atoms with Gasteiger partial charge in [-0.1, -0.05) is 36.4 Å². The number of carboxylic acids is 1. The zero-order chi connectivity index (χ0) is 20.2. The number of carbonyl (C=O) groups excluding carboxylic acids is 1. The Morgan fingerprint density at radius 3 is 2.59 bits per heavy atom. The van der Waals surface area contributed by atoms with Gasteiger partial charge in [-0.3, -0.25) is 10.1 Å². The molecular formula is C21H16N4O4. The highest BCUT2D eigenvalue weighted by molar-refractivity contribution is 6.04. The monoisotopic (exact) mass is 388 g/mol. The van der Waals surface area contributed by atoms with Crippen LogP contribution >= 0.6 is 0 Å². The molecule has 144 valence electrons. The molecule has 8 nitrogen and oxygen atoms in total. The Morgan fingerprint density at radius 1 is 1.03 bits per heavy atom. The number of imidazole rings is 1. The number of hydrogen-bond donors (Lipinski definition) is 3. The Morgan fingerprint density at radius 2 is 1.86 bits per heavy atom. The molecule has 29 heavy (non-hydrogen) atoms. The number of anilines is 1. The van der Waals surface area contributed by atoms with E-state index < -0.39 is 11.9 Å². The van der Waals surface area contributed by atoms with E-state index in [1.165, 1.54) is 12.3 Å². The summed E-state index contributed by atoms with van der Waals surface area (Å²) < 4.78 is 5.65. The maximum atomic E-state index is 12.4. The van der Waals surface area contributed by atoms with Gasteiger partial charge in [-0.25, -0.2) is 14.8 Å². The smallest absolute Gasteiger partial charge is 0.337 e. The third kappa shape index (κ3) is 4.06. The minimum atomic E-state index is -1.09. The van der Waals surface area contributed by atoms with Crippen LogP contribution in [0.1, 0.15) is 26.4 Å². The third-order valence-corrected chi connectivity index (χ3v) is 4.19. The first-order chi connectivity index (χ1) is 14.1. The van der Waals surface area contributed by atoms with E-state index in [2.05, 4.69) is 20.3 Å². The number of carbonyl (C=O) groups is 2. The van der Waals surface area contributed by atoms with Gasteiger partial charge in [0.25, 0.3) is 5.91 Å². The van der Waals surface area contributed by atoms with Gasteiger partial charge in [0.2, 0.25) is 5.95 Å². The number of ether oxygens (including phenoxy) is 1. The first-order valence-electron chi connectivity index (χ1n) is 8.76. The van der Waals surface area contributed by atoms with Crippen LogP contribution in [-0.4, -0.2) is 31.9 Å². The Hall–Kier alpha value is -4.20. The summed E-state index contributed by atoms with van der Waals surface area (Å²) in [4.78, 5) is 34.8. The standard InChI is InChI=1S/C21H16N4O4/c26-19(25-21-23-16-8-4-7-15(20(27)28)18(16)24-21)17-10-9-14(11-22-17)29-12-13-5-2-1-3-6-13/h1-11H,12H2,(H,27,28)(H2,23,24,25,26). The van der Waals surface area contributed by atoms with Crippen molar-refractivity contribution in [2.75, 3.05) is 5.32 Å². The third-order valence-electron chi connectivity index (χ3n) is 4.19. The Balaban J connectivity index is 1.44. The average Bonchev–Trinajstić information content (AvgIpc) is 3.15. The van der Waals surface area contributed by atoms with E-state index >= 15 is 0 Å². The second kappa shape index (κ2) is 7.81. The molecule has 0 aliphatic carbocycles. The number of aromatic carboxylic acids is 1. The Kier molecular flexibility index (Phi) is 4.90. The molecule has 0 fully saturated rings. The summed E-state index contributed by atoms with van der Waals surface area (Å²) >= 11 is 0. The highest BCUT2D eigenvalue weighted by Gasteiger charge is 2.15. The number of amides is 1. The molecule has 2 aromatic carbocycles. The Bertz CT molecular complexity index is 1170. The number of nitrogens with one attached hydrogen (secondary N) is 2. The van der Waals surface area contributed by atoms with Gasteiger partial charge < -0.3 is 14.8 Å². The lowest BCUT2D eigenvalue weighted by atomic mass is 10.2. The minimum Gasteiger partial charge on any atom is -0.487 e. The molecule has 0 bridgehead atoms. The van der Waals surface area contributed by atoms with Crippen molar-refractivity contribution in [2.24, 2.45) is 0 Å². The summed E-state index contributed by atoms with van der Waals surface area (Å²) in [6.45, 7) is 0.402. The molecule has 3 N–H and O–H groups in total. The SMILES string of the molecule is O=C(Nc1nc2c(C(=O)O)cccc2[nH]1)c1ccc(OCc2ccccc2)cn1. The molecule has 4 rings (SSSR count). The number of nitrogens with zero attached hydrogens (tertiary/aromatic N) is 2. The molecular weight excluding hydrogens is 372 g/mol. The van der Waals surface area contributed by atoms with Crippen LogP contribution in [-0.2, 0) is 6.61 Å². The number of hydrogen-bond acceptors (Lipinski definition) is 5. The summed E-state index contributed by atoms with van der Waals surface area (Å²) in [5, 5.41) is 11.8. The van der Waals surface area contributed by atoms with Crippen LogP contribution in [0, 0.1) is 0 Å². The number of aromatic nitrogens is 3. The Labute approximate surface area is 165 Å². The van der Waals surface area contributed by atoms with Gasteiger partial charge in [-0.2, -0.15) is 0 Å². The number of benzene rings is 2. The van der Waals surface area contributed by atoms with E-state index in [0.29, 0.717) is 17.9 Å². The van der Waals surface area contributed by atoms with Crippen molar-refractivity contribution >= 4 is 28.9 Å². The molecule has 0 unspecified atom stereocenters. The van der Waals surface area contributed by atoms with E-state index in [9.17, 15) is 14.7 Å². The molecule has 1 amide bonds. The number of para-hydroxylation sites is 1. The summed E-state index contributed by atoms with van der Waals surface area (Å²) in [7, 11) is 0. The molecule has 0 aliphatic heterocycles. The van der Waals surface area contributed by atoms with Crippen LogP contribution in [0.2, 0.25) is 0 Å². The van der Waals surface area contributed by atoms with Crippen molar-refractivity contribution in [1.82, 2.24) is 15.0 Å². The largest absolute Gasteiger partial charge is 0.487 e. The summed E-state index contributed by atoms with van der Waals surface area (Å²) in [5.74, 6) is -0.881. The lowest BCUT2D eigenvalue weighted by Crippen LogP contribution is -2.14. The highest BCUT2D eigenvalue weighted by atomic mass is 16.5. The van der Waals surface area contributed by atoms with Crippen LogP contribution in [0.3, 0.4) is 0 Å². The highest BCUT2D eigenvalue weighted by Crippen LogP contribution is 2.19. The van der Waals surface area contributed by atoms with Gasteiger partial charge in [0.15, 0.2) is 0 Å². The summed E-state index contributed by atoms with van der Waals surface area (Å²) in [6, 6.07) is 17.6. The van der Waals surface area contributed by atoms with Gasteiger partial charge in [0.1, 0.15) is 23.6 Å². The number of aromatic amines is 1. The van der Waals surface area contributed by atoms with E-state index in [0.717, 1.165) is 5.56 Å². The molecule has 8 heteroatoms. The number of rotatable bonds is 6. The van der Waals surface area contributed by atoms with Crippen molar-refractivity contribution in [3.05, 3.63) is 83.7 Å². The van der Waals surface area contributed by atoms with Crippen LogP contribution in [0.25, 0.3) is 11.0 Å². The number of carboxylic acid groups (broad SMARTS) is 1. The van der Waals surface area contributed by atoms with Gasteiger partial charge in [-0.05, 0) is 29.8 Å². The lowest BCUT2D eigenvalue weighted by molar-refractivity contribution is 0.0698. The van der Waals surface area contributed by atoms with E-state index in [-0.39, 0.29) is 22.7 Å². The minimum absolute atomic E-state index is 0.0530. The zero-order valence-electron chi connectivity index (χ0n) is 15.1. The predicted molar refractivity (Wildman–Crippen MR) is 106 cm³/mol. The van der Waals surface area contributed by atoms with Crippen molar-refractivity contribution in [2.45, 2.75) is 6.61 Å². The maximum absolute atomic E-state index is 12.4. The normalized spacial score (nSPS) is 10.6. The first kappa shape index (κ1) is 18.2. The quantitative estimate of drug-likeness (QED) is 0.465. The zero-order valence-corrected chi connectivity index (χ0v) is 15.1. The maximum Gasteiger partial charge on any atom is 0.337 e. The fraction of sp³-hybridized carbons (Fsp3) is 0.0476. The molecule has 0 saturated carbocycles. The summed E-state index contributed by atoms with van der Waals surface area (Å²) in [5.41, 5.74) is 2.04. The lowest BCUT2D eigenvalue weighted by Gasteiger charge is -2.06.